The second kappa shape index (κ2) is 13.8. The Labute approximate surface area is 199 Å². The third-order valence-corrected chi connectivity index (χ3v) is 8.52. The molecule has 8 heteroatoms. The maximum Gasteiger partial charge on any atom is 0.258 e. The van der Waals surface area contributed by atoms with Gasteiger partial charge < -0.3 is 20.0 Å². The molecule has 4 aromatic carbocycles. The Morgan fingerprint density at radius 3 is 0.735 bits per heavy atom. The lowest BCUT2D eigenvalue weighted by Gasteiger charge is -2.11. The highest BCUT2D eigenvalue weighted by atomic mass is 31.2. The first kappa shape index (κ1) is 27.4. The van der Waals surface area contributed by atoms with E-state index in [2.05, 4.69) is 0 Å². The molecule has 0 aliphatic heterocycles. The standard InChI is InChI=1S/2C12H11O2P.C2H6O2/c2*13-15(14,11-7-3-1-4-8-11)12-9-5-2-6-10-12;3-1-2-4/h2*1-10H,(H,13,14);3-4H,1-2H2. The Kier molecular flexibility index (Phi) is 11.1. The summed E-state index contributed by atoms with van der Waals surface area (Å²) in [4.78, 5) is 20.0. The van der Waals surface area contributed by atoms with E-state index in [1.807, 2.05) is 24.3 Å². The molecule has 0 saturated carbocycles. The van der Waals surface area contributed by atoms with E-state index in [1.54, 1.807) is 97.1 Å². The van der Waals surface area contributed by atoms with E-state index in [9.17, 15) is 18.9 Å². The van der Waals surface area contributed by atoms with Crippen molar-refractivity contribution in [2.75, 3.05) is 13.2 Å². The van der Waals surface area contributed by atoms with Crippen molar-refractivity contribution in [2.24, 2.45) is 0 Å². The van der Waals surface area contributed by atoms with Crippen LogP contribution in [0.1, 0.15) is 0 Å². The predicted molar refractivity (Wildman–Crippen MR) is 138 cm³/mol. The normalized spacial score (nSPS) is 10.8. The molecule has 0 radical (unpaired) electrons. The van der Waals surface area contributed by atoms with Crippen molar-refractivity contribution in [3.8, 4) is 0 Å². The molecule has 0 aliphatic rings. The highest BCUT2D eigenvalue weighted by Gasteiger charge is 2.23. The van der Waals surface area contributed by atoms with Crippen molar-refractivity contribution >= 4 is 36.0 Å². The molecular formula is C26H28O6P2. The summed E-state index contributed by atoms with van der Waals surface area (Å²) in [5.41, 5.74) is 0. The lowest BCUT2D eigenvalue weighted by atomic mass is 10.4. The van der Waals surface area contributed by atoms with E-state index in [-0.39, 0.29) is 13.2 Å². The largest absolute Gasteiger partial charge is 0.394 e. The second-order valence-electron chi connectivity index (χ2n) is 6.94. The van der Waals surface area contributed by atoms with Crippen molar-refractivity contribution in [1.82, 2.24) is 0 Å². The van der Waals surface area contributed by atoms with Gasteiger partial charge in [-0.2, -0.15) is 0 Å². The lowest BCUT2D eigenvalue weighted by molar-refractivity contribution is 0.186. The van der Waals surface area contributed by atoms with Gasteiger partial charge >= 0.3 is 0 Å². The molecule has 4 aromatic rings. The fraction of sp³-hybridized carbons (Fsp3) is 0.0769. The molecule has 0 bridgehead atoms. The minimum Gasteiger partial charge on any atom is -0.394 e. The highest BCUT2D eigenvalue weighted by Crippen LogP contribution is 2.38. The van der Waals surface area contributed by atoms with Crippen LogP contribution in [-0.4, -0.2) is 33.2 Å². The quantitative estimate of drug-likeness (QED) is 0.315. The minimum absolute atomic E-state index is 0.125. The summed E-state index contributed by atoms with van der Waals surface area (Å²) in [7, 11) is -6.79. The van der Waals surface area contributed by atoms with E-state index in [0.29, 0.717) is 21.2 Å². The molecule has 0 heterocycles. The summed E-state index contributed by atoms with van der Waals surface area (Å²) in [6.45, 7) is -0.250. The maximum atomic E-state index is 12.2. The van der Waals surface area contributed by atoms with Crippen molar-refractivity contribution in [2.45, 2.75) is 0 Å². The molecule has 0 unspecified atom stereocenters. The summed E-state index contributed by atoms with van der Waals surface area (Å²) < 4.78 is 24.3. The molecule has 0 atom stereocenters. The zero-order valence-electron chi connectivity index (χ0n) is 18.5. The Morgan fingerprint density at radius 2 is 0.588 bits per heavy atom. The monoisotopic (exact) mass is 498 g/mol. The molecule has 0 amide bonds. The number of benzene rings is 4. The molecule has 0 aromatic heterocycles. The zero-order chi connectivity index (χ0) is 24.9. The summed E-state index contributed by atoms with van der Waals surface area (Å²) in [6, 6.07) is 34.8. The summed E-state index contributed by atoms with van der Waals surface area (Å²) >= 11 is 0. The van der Waals surface area contributed by atoms with Gasteiger partial charge in [-0.05, 0) is 48.5 Å². The zero-order valence-corrected chi connectivity index (χ0v) is 20.2. The van der Waals surface area contributed by atoms with Gasteiger partial charge in [0.1, 0.15) is 0 Å². The molecule has 0 saturated heterocycles. The average Bonchev–Trinajstić information content (AvgIpc) is 2.91. The van der Waals surface area contributed by atoms with Crippen LogP contribution in [0.3, 0.4) is 0 Å². The molecule has 4 N–H and O–H groups in total. The molecule has 0 fully saturated rings. The van der Waals surface area contributed by atoms with Gasteiger partial charge in [-0.15, -0.1) is 0 Å². The summed E-state index contributed by atoms with van der Waals surface area (Å²) in [6.07, 6.45) is 0. The third kappa shape index (κ3) is 7.89. The van der Waals surface area contributed by atoms with Crippen LogP contribution in [0.5, 0.6) is 0 Å². The number of aliphatic hydroxyl groups is 2. The number of rotatable bonds is 5. The van der Waals surface area contributed by atoms with E-state index < -0.39 is 14.7 Å². The van der Waals surface area contributed by atoms with E-state index >= 15 is 0 Å². The van der Waals surface area contributed by atoms with Gasteiger partial charge in [-0.1, -0.05) is 72.8 Å². The number of hydrogen-bond donors (Lipinski definition) is 4. The second-order valence-corrected chi connectivity index (χ2v) is 11.3. The third-order valence-electron chi connectivity index (χ3n) is 4.52. The van der Waals surface area contributed by atoms with Crippen molar-refractivity contribution in [3.05, 3.63) is 121 Å². The Morgan fingerprint density at radius 1 is 0.412 bits per heavy atom. The highest BCUT2D eigenvalue weighted by molar-refractivity contribution is 7.73. The first-order chi connectivity index (χ1) is 16.3. The van der Waals surface area contributed by atoms with Crippen LogP contribution >= 0.6 is 14.7 Å². The van der Waals surface area contributed by atoms with E-state index in [1.165, 1.54) is 0 Å². The van der Waals surface area contributed by atoms with Crippen molar-refractivity contribution < 1.29 is 29.1 Å². The van der Waals surface area contributed by atoms with Crippen LogP contribution in [-0.2, 0) is 9.13 Å². The van der Waals surface area contributed by atoms with Gasteiger partial charge in [-0.3, -0.25) is 9.13 Å². The van der Waals surface area contributed by atoms with E-state index in [4.69, 9.17) is 10.2 Å². The van der Waals surface area contributed by atoms with Crippen LogP contribution in [0.15, 0.2) is 121 Å². The molecule has 178 valence electrons. The lowest BCUT2D eigenvalue weighted by Crippen LogP contribution is -2.14. The van der Waals surface area contributed by atoms with Gasteiger partial charge in [-0.25, -0.2) is 0 Å². The smallest absolute Gasteiger partial charge is 0.258 e. The first-order valence-corrected chi connectivity index (χ1v) is 13.8. The van der Waals surface area contributed by atoms with Crippen molar-refractivity contribution in [1.29, 1.82) is 0 Å². The number of aliphatic hydroxyl groups excluding tert-OH is 2. The SMILES string of the molecule is O=P(O)(c1ccccc1)c1ccccc1.O=P(O)(c1ccccc1)c1ccccc1.OCCO. The predicted octanol–water partition coefficient (Wildman–Crippen LogP) is 2.79. The Hall–Kier alpha value is -2.82. The van der Waals surface area contributed by atoms with E-state index in [0.717, 1.165) is 0 Å². The molecule has 0 aliphatic carbocycles. The fourth-order valence-corrected chi connectivity index (χ4v) is 5.72. The van der Waals surface area contributed by atoms with Crippen molar-refractivity contribution in [3.63, 3.8) is 0 Å². The summed E-state index contributed by atoms with van der Waals surface area (Å²) in [5, 5.41) is 17.1. The first-order valence-electron chi connectivity index (χ1n) is 10.4. The van der Waals surface area contributed by atoms with Gasteiger partial charge in [0.05, 0.1) is 13.2 Å². The van der Waals surface area contributed by atoms with Crippen LogP contribution in [0.25, 0.3) is 0 Å². The molecular weight excluding hydrogens is 470 g/mol. The van der Waals surface area contributed by atoms with Gasteiger partial charge in [0.15, 0.2) is 0 Å². The van der Waals surface area contributed by atoms with Crippen LogP contribution in [0.4, 0.5) is 0 Å². The maximum absolute atomic E-state index is 12.2. The topological polar surface area (TPSA) is 115 Å². The fourth-order valence-electron chi connectivity index (χ4n) is 2.82. The van der Waals surface area contributed by atoms with Gasteiger partial charge in [0.25, 0.3) is 14.7 Å². The molecule has 34 heavy (non-hydrogen) atoms. The minimum atomic E-state index is -3.40. The Balaban J connectivity index is 0.000000208. The average molecular weight is 498 g/mol. The van der Waals surface area contributed by atoms with Gasteiger partial charge in [0.2, 0.25) is 0 Å². The summed E-state index contributed by atoms with van der Waals surface area (Å²) in [5.74, 6) is 0. The van der Waals surface area contributed by atoms with Gasteiger partial charge in [0, 0.05) is 21.2 Å². The number of hydrogen-bond acceptors (Lipinski definition) is 4. The van der Waals surface area contributed by atoms with Crippen LogP contribution < -0.4 is 21.2 Å². The molecule has 0 spiro atoms. The molecule has 4 rings (SSSR count). The Bertz CT molecular complexity index is 1000. The molecule has 6 nitrogen and oxygen atoms in total. The van der Waals surface area contributed by atoms with Crippen LogP contribution in [0.2, 0.25) is 0 Å². The van der Waals surface area contributed by atoms with Crippen LogP contribution in [0, 0.1) is 0 Å².